The van der Waals surface area contributed by atoms with Crippen LogP contribution in [0.1, 0.15) is 5.82 Å². The lowest BCUT2D eigenvalue weighted by Crippen LogP contribution is -2.01. The largest absolute Gasteiger partial charge is 0.497 e. The van der Waals surface area contributed by atoms with E-state index >= 15 is 0 Å². The summed E-state index contributed by atoms with van der Waals surface area (Å²) in [6.07, 6.45) is 0. The Morgan fingerprint density at radius 1 is 1.33 bits per heavy atom. The summed E-state index contributed by atoms with van der Waals surface area (Å²) in [5.41, 5.74) is 0.858. The monoisotopic (exact) mass is 224 g/mol. The van der Waals surface area contributed by atoms with E-state index < -0.39 is 0 Å². The first kappa shape index (κ1) is 9.92. The average Bonchev–Trinajstić information content (AvgIpc) is 2.77. The van der Waals surface area contributed by atoms with E-state index in [1.165, 1.54) is 0 Å². The van der Waals surface area contributed by atoms with Gasteiger partial charge >= 0.3 is 0 Å². The Labute approximate surface area is 91.6 Å². The molecule has 1 aromatic carbocycles. The van der Waals surface area contributed by atoms with E-state index in [0.717, 1.165) is 11.4 Å². The van der Waals surface area contributed by atoms with Gasteiger partial charge < -0.3 is 4.74 Å². The summed E-state index contributed by atoms with van der Waals surface area (Å²) in [5.74, 6) is 1.68. The number of hydrogen-bond donors (Lipinski definition) is 0. The van der Waals surface area contributed by atoms with Crippen LogP contribution in [0, 0.1) is 0 Å². The van der Waals surface area contributed by atoms with Crippen LogP contribution in [0.25, 0.3) is 5.69 Å². The van der Waals surface area contributed by atoms with Crippen LogP contribution >= 0.6 is 11.6 Å². The van der Waals surface area contributed by atoms with Gasteiger partial charge in [-0.05, 0) is 34.7 Å². The topological polar surface area (TPSA) is 52.8 Å². The Morgan fingerprint density at radius 3 is 2.67 bits per heavy atom. The molecule has 0 spiro atoms. The van der Waals surface area contributed by atoms with Crippen LogP contribution in [0.4, 0.5) is 0 Å². The summed E-state index contributed by atoms with van der Waals surface area (Å²) >= 11 is 5.69. The molecule has 0 bridgehead atoms. The van der Waals surface area contributed by atoms with E-state index in [-0.39, 0.29) is 5.88 Å². The third-order valence-electron chi connectivity index (χ3n) is 1.97. The van der Waals surface area contributed by atoms with Gasteiger partial charge in [0.25, 0.3) is 0 Å². The molecule has 78 valence electrons. The van der Waals surface area contributed by atoms with E-state index in [1.807, 2.05) is 24.3 Å². The zero-order valence-corrected chi connectivity index (χ0v) is 8.85. The molecule has 5 nitrogen and oxygen atoms in total. The van der Waals surface area contributed by atoms with Crippen molar-refractivity contribution in [3.63, 3.8) is 0 Å². The highest BCUT2D eigenvalue weighted by Crippen LogP contribution is 2.15. The minimum absolute atomic E-state index is 0.277. The fraction of sp³-hybridized carbons (Fsp3) is 0.222. The van der Waals surface area contributed by atoms with Crippen molar-refractivity contribution in [2.45, 2.75) is 5.88 Å². The van der Waals surface area contributed by atoms with Crippen molar-refractivity contribution < 1.29 is 4.74 Å². The van der Waals surface area contributed by atoms with Crippen molar-refractivity contribution in [3.8, 4) is 11.4 Å². The first-order valence-corrected chi connectivity index (χ1v) is 4.86. The third-order valence-corrected chi connectivity index (χ3v) is 2.21. The van der Waals surface area contributed by atoms with E-state index in [9.17, 15) is 0 Å². The molecule has 0 unspecified atom stereocenters. The normalized spacial score (nSPS) is 10.3. The van der Waals surface area contributed by atoms with Gasteiger partial charge in [0.05, 0.1) is 18.7 Å². The van der Waals surface area contributed by atoms with Gasteiger partial charge in [0.15, 0.2) is 5.82 Å². The SMILES string of the molecule is COc1ccc(-n2nnnc2CCl)cc1. The molecule has 0 fully saturated rings. The van der Waals surface area contributed by atoms with Gasteiger partial charge in [0, 0.05) is 0 Å². The highest BCUT2D eigenvalue weighted by molar-refractivity contribution is 6.16. The first-order chi connectivity index (χ1) is 7.35. The smallest absolute Gasteiger partial charge is 0.171 e. The third kappa shape index (κ3) is 1.92. The summed E-state index contributed by atoms with van der Waals surface area (Å²) in [7, 11) is 1.62. The quantitative estimate of drug-likeness (QED) is 0.740. The van der Waals surface area contributed by atoms with Gasteiger partial charge in [-0.1, -0.05) is 0 Å². The molecule has 0 atom stereocenters. The Morgan fingerprint density at radius 2 is 2.07 bits per heavy atom. The Balaban J connectivity index is 2.37. The number of halogens is 1. The average molecular weight is 225 g/mol. The summed E-state index contributed by atoms with van der Waals surface area (Å²) < 4.78 is 6.65. The predicted molar refractivity (Wildman–Crippen MR) is 55.3 cm³/mol. The van der Waals surface area contributed by atoms with Crippen LogP contribution in [0.15, 0.2) is 24.3 Å². The van der Waals surface area contributed by atoms with Crippen LogP contribution in [0.2, 0.25) is 0 Å². The summed E-state index contributed by atoms with van der Waals surface area (Å²) in [6, 6.07) is 7.42. The minimum Gasteiger partial charge on any atom is -0.497 e. The van der Waals surface area contributed by atoms with Gasteiger partial charge in [-0.15, -0.1) is 16.7 Å². The summed E-state index contributed by atoms with van der Waals surface area (Å²) in [5, 5.41) is 11.2. The molecule has 0 amide bonds. The lowest BCUT2D eigenvalue weighted by atomic mass is 10.3. The number of hydrogen-bond acceptors (Lipinski definition) is 4. The molecule has 0 radical (unpaired) electrons. The van der Waals surface area contributed by atoms with E-state index in [0.29, 0.717) is 5.82 Å². The highest BCUT2D eigenvalue weighted by Gasteiger charge is 2.06. The molecule has 6 heteroatoms. The number of rotatable bonds is 3. The van der Waals surface area contributed by atoms with Crippen molar-refractivity contribution in [1.82, 2.24) is 20.2 Å². The zero-order valence-electron chi connectivity index (χ0n) is 8.09. The molecule has 0 N–H and O–H groups in total. The van der Waals surface area contributed by atoms with Crippen LogP contribution in [-0.4, -0.2) is 27.3 Å². The number of methoxy groups -OCH3 is 1. The minimum atomic E-state index is 0.277. The second-order valence-corrected chi connectivity index (χ2v) is 3.11. The molecule has 2 rings (SSSR count). The van der Waals surface area contributed by atoms with Gasteiger partial charge in [-0.3, -0.25) is 0 Å². The maximum absolute atomic E-state index is 5.69. The number of aromatic nitrogens is 4. The van der Waals surface area contributed by atoms with Gasteiger partial charge in [-0.25, -0.2) is 0 Å². The number of ether oxygens (including phenoxy) is 1. The lowest BCUT2D eigenvalue weighted by Gasteiger charge is -2.03. The number of benzene rings is 1. The fourth-order valence-corrected chi connectivity index (χ4v) is 1.38. The summed E-state index contributed by atoms with van der Waals surface area (Å²) in [6.45, 7) is 0. The highest BCUT2D eigenvalue weighted by atomic mass is 35.5. The zero-order chi connectivity index (χ0) is 10.7. The number of tetrazole rings is 1. The summed E-state index contributed by atoms with van der Waals surface area (Å²) in [4.78, 5) is 0. The van der Waals surface area contributed by atoms with Crippen LogP contribution in [0.3, 0.4) is 0 Å². The number of alkyl halides is 1. The van der Waals surface area contributed by atoms with E-state index in [1.54, 1.807) is 11.8 Å². The maximum atomic E-state index is 5.69. The fourth-order valence-electron chi connectivity index (χ4n) is 1.21. The van der Waals surface area contributed by atoms with Crippen molar-refractivity contribution >= 4 is 11.6 Å². The van der Waals surface area contributed by atoms with Crippen molar-refractivity contribution in [2.24, 2.45) is 0 Å². The molecule has 0 saturated heterocycles. The molecular weight excluding hydrogens is 216 g/mol. The Bertz CT molecular complexity index is 440. The standard InChI is InChI=1S/C9H9ClN4O/c1-15-8-4-2-7(3-5-8)14-9(6-10)11-12-13-14/h2-5H,6H2,1H3. The molecule has 1 heterocycles. The van der Waals surface area contributed by atoms with Crippen molar-refractivity contribution in [3.05, 3.63) is 30.1 Å². The molecule has 2 aromatic rings. The van der Waals surface area contributed by atoms with Crippen LogP contribution in [-0.2, 0) is 5.88 Å². The molecule has 0 saturated carbocycles. The molecular formula is C9H9ClN4O. The molecule has 1 aromatic heterocycles. The molecule has 0 aliphatic carbocycles. The second-order valence-electron chi connectivity index (χ2n) is 2.84. The Hall–Kier alpha value is -1.62. The van der Waals surface area contributed by atoms with Gasteiger partial charge in [-0.2, -0.15) is 4.68 Å². The maximum Gasteiger partial charge on any atom is 0.171 e. The molecule has 0 aliphatic heterocycles. The Kier molecular flexibility index (Phi) is 2.82. The second kappa shape index (κ2) is 4.27. The first-order valence-electron chi connectivity index (χ1n) is 4.33. The molecule has 0 aliphatic rings. The number of nitrogens with zero attached hydrogens (tertiary/aromatic N) is 4. The molecule has 15 heavy (non-hydrogen) atoms. The van der Waals surface area contributed by atoms with Crippen molar-refractivity contribution in [1.29, 1.82) is 0 Å². The lowest BCUT2D eigenvalue weighted by molar-refractivity contribution is 0.414. The van der Waals surface area contributed by atoms with Crippen LogP contribution < -0.4 is 4.74 Å². The van der Waals surface area contributed by atoms with E-state index in [2.05, 4.69) is 15.5 Å². The van der Waals surface area contributed by atoms with Gasteiger partial charge in [0.2, 0.25) is 0 Å². The van der Waals surface area contributed by atoms with Gasteiger partial charge in [0.1, 0.15) is 5.75 Å². The predicted octanol–water partition coefficient (Wildman–Crippen LogP) is 1.41. The van der Waals surface area contributed by atoms with Crippen LogP contribution in [0.5, 0.6) is 5.75 Å². The van der Waals surface area contributed by atoms with Crippen molar-refractivity contribution in [2.75, 3.05) is 7.11 Å². The van der Waals surface area contributed by atoms with E-state index in [4.69, 9.17) is 16.3 Å².